The molecule has 1 aliphatic carbocycles. The number of hydrogen-bond donors (Lipinski definition) is 0. The number of hydrogen-bond acceptors (Lipinski definition) is 1. The zero-order valence-corrected chi connectivity index (χ0v) is 12.7. The van der Waals surface area contributed by atoms with E-state index < -0.39 is 0 Å². The van der Waals surface area contributed by atoms with Crippen molar-refractivity contribution < 1.29 is 4.79 Å². The molecule has 1 heterocycles. The van der Waals surface area contributed by atoms with E-state index in [1.54, 1.807) is 0 Å². The average Bonchev–Trinajstić information content (AvgIpc) is 2.71. The largest absolute Gasteiger partial charge is 0.320 e. The molecular formula is C18H21NO. The van der Waals surface area contributed by atoms with Crippen molar-refractivity contribution in [3.63, 3.8) is 0 Å². The van der Waals surface area contributed by atoms with E-state index in [4.69, 9.17) is 0 Å². The molecule has 0 amide bonds. The Morgan fingerprint density at radius 2 is 1.70 bits per heavy atom. The van der Waals surface area contributed by atoms with Gasteiger partial charge in [-0.05, 0) is 42.9 Å². The topological polar surface area (TPSA) is 22.0 Å². The lowest BCUT2D eigenvalue weighted by molar-refractivity contribution is 0.0911. The molecule has 0 bridgehead atoms. The normalized spacial score (nSPS) is 17.1. The number of aryl methyl sites for hydroxylation is 2. The minimum absolute atomic E-state index is 0.0524. The number of Topliss-reactive ketones (excluding diaryl/α,β-unsaturated/α-hetero) is 1. The van der Waals surface area contributed by atoms with Crippen LogP contribution >= 0.6 is 0 Å². The summed E-state index contributed by atoms with van der Waals surface area (Å²) >= 11 is 0. The minimum atomic E-state index is 0.0524. The fourth-order valence-electron chi connectivity index (χ4n) is 3.34. The van der Waals surface area contributed by atoms with Crippen molar-refractivity contribution >= 4 is 5.78 Å². The summed E-state index contributed by atoms with van der Waals surface area (Å²) in [5.41, 5.74) is 5.85. The predicted octanol–water partition coefficient (Wildman–Crippen LogP) is 4.25. The van der Waals surface area contributed by atoms with E-state index in [0.717, 1.165) is 12.0 Å². The van der Waals surface area contributed by atoms with Crippen LogP contribution in [0.2, 0.25) is 0 Å². The summed E-state index contributed by atoms with van der Waals surface area (Å²) in [4.78, 5) is 12.3. The molecule has 0 radical (unpaired) electrons. The summed E-state index contributed by atoms with van der Waals surface area (Å²) in [6, 6.07) is 8.33. The second-order valence-electron chi connectivity index (χ2n) is 6.73. The molecule has 0 spiro atoms. The molecule has 1 aromatic heterocycles. The lowest BCUT2D eigenvalue weighted by atomic mass is 9.76. The van der Waals surface area contributed by atoms with E-state index in [2.05, 4.69) is 56.7 Å². The van der Waals surface area contributed by atoms with E-state index in [1.165, 1.54) is 22.5 Å². The van der Waals surface area contributed by atoms with Crippen molar-refractivity contribution in [2.24, 2.45) is 5.41 Å². The summed E-state index contributed by atoms with van der Waals surface area (Å²) in [5, 5.41) is 0. The van der Waals surface area contributed by atoms with E-state index in [9.17, 15) is 4.79 Å². The third-order valence-corrected chi connectivity index (χ3v) is 4.26. The highest BCUT2D eigenvalue weighted by Gasteiger charge is 2.33. The fraction of sp³-hybridized carbons (Fsp3) is 0.389. The lowest BCUT2D eigenvalue weighted by Crippen LogP contribution is -2.27. The highest BCUT2D eigenvalue weighted by Crippen LogP contribution is 2.37. The van der Waals surface area contributed by atoms with Crippen LogP contribution < -0.4 is 0 Å². The molecule has 2 aromatic rings. The number of rotatable bonds is 1. The van der Waals surface area contributed by atoms with Gasteiger partial charge < -0.3 is 4.57 Å². The Labute approximate surface area is 120 Å². The van der Waals surface area contributed by atoms with Crippen molar-refractivity contribution in [2.45, 2.75) is 40.5 Å². The first-order valence-corrected chi connectivity index (χ1v) is 7.19. The smallest absolute Gasteiger partial charge is 0.165 e. The third kappa shape index (κ3) is 2.00. The zero-order chi connectivity index (χ0) is 14.5. The predicted molar refractivity (Wildman–Crippen MR) is 81.7 cm³/mol. The van der Waals surface area contributed by atoms with Crippen LogP contribution in [-0.4, -0.2) is 10.4 Å². The van der Waals surface area contributed by atoms with Gasteiger partial charge in [-0.2, -0.15) is 0 Å². The molecule has 0 saturated heterocycles. The molecule has 3 rings (SSSR count). The van der Waals surface area contributed by atoms with Crippen LogP contribution in [0.5, 0.6) is 0 Å². The minimum Gasteiger partial charge on any atom is -0.320 e. The Balaban J connectivity index is 2.21. The first-order chi connectivity index (χ1) is 9.39. The Morgan fingerprint density at radius 1 is 1.05 bits per heavy atom. The van der Waals surface area contributed by atoms with Crippen molar-refractivity contribution in [2.75, 3.05) is 0 Å². The number of carbonyl (C=O) groups excluding carboxylic acids is 1. The summed E-state index contributed by atoms with van der Waals surface area (Å²) in [6.07, 6.45) is 3.66. The molecule has 0 N–H and O–H groups in total. The average molecular weight is 267 g/mol. The van der Waals surface area contributed by atoms with Gasteiger partial charge in [0.1, 0.15) is 0 Å². The van der Waals surface area contributed by atoms with Crippen molar-refractivity contribution in [1.82, 2.24) is 4.57 Å². The highest BCUT2D eigenvalue weighted by atomic mass is 16.1. The Hall–Kier alpha value is -1.83. The summed E-state index contributed by atoms with van der Waals surface area (Å²) < 4.78 is 2.22. The number of nitrogens with zero attached hydrogens (tertiary/aromatic N) is 1. The van der Waals surface area contributed by atoms with Crippen molar-refractivity contribution in [3.8, 4) is 5.69 Å². The van der Waals surface area contributed by atoms with E-state index in [1.807, 2.05) is 6.07 Å². The quantitative estimate of drug-likeness (QED) is 0.757. The molecule has 0 fully saturated rings. The fourth-order valence-corrected chi connectivity index (χ4v) is 3.34. The van der Waals surface area contributed by atoms with E-state index >= 15 is 0 Å². The van der Waals surface area contributed by atoms with Gasteiger partial charge in [0.25, 0.3) is 0 Å². The lowest BCUT2D eigenvalue weighted by Gasteiger charge is -2.30. The summed E-state index contributed by atoms with van der Waals surface area (Å²) in [5.74, 6) is 0.279. The van der Waals surface area contributed by atoms with Gasteiger partial charge in [0.2, 0.25) is 0 Å². The Bertz CT molecular complexity index is 671. The molecular weight excluding hydrogens is 246 g/mol. The van der Waals surface area contributed by atoms with Gasteiger partial charge in [-0.15, -0.1) is 0 Å². The Kier molecular flexibility index (Phi) is 2.86. The van der Waals surface area contributed by atoms with Gasteiger partial charge in [-0.25, -0.2) is 0 Å². The van der Waals surface area contributed by atoms with E-state index in [-0.39, 0.29) is 11.2 Å². The van der Waals surface area contributed by atoms with Gasteiger partial charge in [0.15, 0.2) is 5.78 Å². The van der Waals surface area contributed by atoms with Crippen molar-refractivity contribution in [1.29, 1.82) is 0 Å². The maximum atomic E-state index is 12.3. The second-order valence-corrected chi connectivity index (χ2v) is 6.73. The molecule has 2 nitrogen and oxygen atoms in total. The van der Waals surface area contributed by atoms with Gasteiger partial charge in [0.05, 0.1) is 5.69 Å². The molecule has 104 valence electrons. The van der Waals surface area contributed by atoms with Crippen LogP contribution in [0.25, 0.3) is 5.69 Å². The maximum absolute atomic E-state index is 12.3. The van der Waals surface area contributed by atoms with Gasteiger partial charge in [0, 0.05) is 23.9 Å². The molecule has 1 aromatic carbocycles. The van der Waals surface area contributed by atoms with Crippen LogP contribution in [0.15, 0.2) is 30.5 Å². The molecule has 1 aliphatic rings. The van der Waals surface area contributed by atoms with Crippen LogP contribution in [0.1, 0.15) is 47.4 Å². The number of ketones is 1. The third-order valence-electron chi connectivity index (χ3n) is 4.26. The Morgan fingerprint density at radius 3 is 2.35 bits per heavy atom. The number of para-hydroxylation sites is 1. The van der Waals surface area contributed by atoms with Crippen LogP contribution in [0.3, 0.4) is 0 Å². The van der Waals surface area contributed by atoms with Crippen LogP contribution in [0.4, 0.5) is 0 Å². The second kappa shape index (κ2) is 4.34. The zero-order valence-electron chi connectivity index (χ0n) is 12.7. The molecule has 0 unspecified atom stereocenters. The van der Waals surface area contributed by atoms with Crippen molar-refractivity contribution in [3.05, 3.63) is 52.8 Å². The first kappa shape index (κ1) is 13.2. The van der Waals surface area contributed by atoms with Crippen LogP contribution in [0, 0.1) is 19.3 Å². The SMILES string of the molecule is Cc1cccc(C)c1-n1ccc2c1CC(C)(C)CC2=O. The summed E-state index contributed by atoms with van der Waals surface area (Å²) in [6.45, 7) is 8.61. The monoisotopic (exact) mass is 267 g/mol. The van der Waals surface area contributed by atoms with Gasteiger partial charge in [-0.3, -0.25) is 4.79 Å². The summed E-state index contributed by atoms with van der Waals surface area (Å²) in [7, 11) is 0. The number of carbonyl (C=O) groups is 1. The van der Waals surface area contributed by atoms with Gasteiger partial charge in [-0.1, -0.05) is 32.0 Å². The number of fused-ring (bicyclic) bond motifs is 1. The standard InChI is InChI=1S/C18H21NO/c1-12-6-5-7-13(2)17(12)19-9-8-14-15(19)10-18(3,4)11-16(14)20/h5-9H,10-11H2,1-4H3. The van der Waals surface area contributed by atoms with Gasteiger partial charge >= 0.3 is 0 Å². The number of benzene rings is 1. The molecule has 0 atom stereocenters. The first-order valence-electron chi connectivity index (χ1n) is 7.19. The molecule has 0 aliphatic heterocycles. The molecule has 20 heavy (non-hydrogen) atoms. The van der Waals surface area contributed by atoms with Crippen LogP contribution in [-0.2, 0) is 6.42 Å². The molecule has 0 saturated carbocycles. The van der Waals surface area contributed by atoms with E-state index in [0.29, 0.717) is 6.42 Å². The highest BCUT2D eigenvalue weighted by molar-refractivity contribution is 5.99. The molecule has 2 heteroatoms. The number of aromatic nitrogens is 1. The maximum Gasteiger partial charge on any atom is 0.165 e.